The molecule has 142 valence electrons. The second-order valence-electron chi connectivity index (χ2n) is 7.26. The summed E-state index contributed by atoms with van der Waals surface area (Å²) in [6, 6.07) is 7.41. The fraction of sp³-hybridized carbons (Fsp3) is 0.500. The molecule has 7 nitrogen and oxygen atoms in total. The fourth-order valence-electron chi connectivity index (χ4n) is 3.62. The lowest BCUT2D eigenvalue weighted by atomic mass is 10.1. The second kappa shape index (κ2) is 7.90. The van der Waals surface area contributed by atoms with Crippen LogP contribution in [0.2, 0.25) is 0 Å². The second-order valence-corrected chi connectivity index (χ2v) is 7.26. The molecule has 0 amide bonds. The topological polar surface area (TPSA) is 74.2 Å². The summed E-state index contributed by atoms with van der Waals surface area (Å²) in [4.78, 5) is 30.1. The van der Waals surface area contributed by atoms with E-state index in [1.54, 1.807) is 6.92 Å². The Bertz CT molecular complexity index is 795. The number of hydrogen-bond acceptors (Lipinski definition) is 7. The van der Waals surface area contributed by atoms with Gasteiger partial charge in [0.05, 0.1) is 0 Å². The van der Waals surface area contributed by atoms with E-state index in [1.165, 1.54) is 32.1 Å². The summed E-state index contributed by atoms with van der Waals surface area (Å²) in [6.45, 7) is 5.56. The van der Waals surface area contributed by atoms with Crippen molar-refractivity contribution in [3.05, 3.63) is 29.8 Å². The Balaban J connectivity index is 1.61. The monoisotopic (exact) mass is 366 g/mol. The molecule has 27 heavy (non-hydrogen) atoms. The van der Waals surface area contributed by atoms with E-state index in [2.05, 4.69) is 25.1 Å². The lowest BCUT2D eigenvalue weighted by molar-refractivity contribution is 0.101. The molecular formula is C20H26N6O. The lowest BCUT2D eigenvalue weighted by Crippen LogP contribution is -2.32. The van der Waals surface area contributed by atoms with E-state index in [4.69, 9.17) is 4.98 Å². The number of piperidine rings is 1. The number of hydrogen-bond donors (Lipinski definition) is 1. The quantitative estimate of drug-likeness (QED) is 0.813. The van der Waals surface area contributed by atoms with Crippen LogP contribution in [-0.2, 0) is 0 Å². The molecule has 2 aliphatic rings. The molecule has 4 rings (SSSR count). The lowest BCUT2D eigenvalue weighted by Gasteiger charge is -2.27. The van der Waals surface area contributed by atoms with Gasteiger partial charge in [0, 0.05) is 37.4 Å². The van der Waals surface area contributed by atoms with Crippen LogP contribution in [0.1, 0.15) is 49.4 Å². The highest BCUT2D eigenvalue weighted by Crippen LogP contribution is 2.24. The van der Waals surface area contributed by atoms with Crippen LogP contribution in [0.5, 0.6) is 0 Å². The molecule has 7 heteroatoms. The van der Waals surface area contributed by atoms with E-state index in [0.717, 1.165) is 43.8 Å². The molecule has 2 fully saturated rings. The minimum atomic E-state index is 0.0606. The Morgan fingerprint density at radius 1 is 0.815 bits per heavy atom. The van der Waals surface area contributed by atoms with Crippen molar-refractivity contribution in [3.8, 4) is 0 Å². The van der Waals surface area contributed by atoms with Crippen molar-refractivity contribution in [3.63, 3.8) is 0 Å². The zero-order valence-electron chi connectivity index (χ0n) is 15.8. The normalized spacial score (nSPS) is 17.2. The minimum Gasteiger partial charge on any atom is -0.341 e. The molecule has 1 aromatic heterocycles. The highest BCUT2D eigenvalue weighted by molar-refractivity contribution is 5.94. The van der Waals surface area contributed by atoms with Gasteiger partial charge < -0.3 is 15.1 Å². The molecule has 2 saturated heterocycles. The number of nitrogens with one attached hydrogen (secondary N) is 1. The van der Waals surface area contributed by atoms with Crippen LogP contribution in [0.4, 0.5) is 23.5 Å². The number of carbonyl (C=O) groups is 1. The van der Waals surface area contributed by atoms with Crippen LogP contribution < -0.4 is 15.1 Å². The number of carbonyl (C=O) groups excluding carboxylic acids is 1. The molecule has 1 N–H and O–H groups in total. The van der Waals surface area contributed by atoms with Gasteiger partial charge in [0.25, 0.3) is 0 Å². The van der Waals surface area contributed by atoms with E-state index < -0.39 is 0 Å². The third-order valence-electron chi connectivity index (χ3n) is 5.19. The Kier molecular flexibility index (Phi) is 5.18. The first-order valence-corrected chi connectivity index (χ1v) is 9.83. The first-order valence-electron chi connectivity index (χ1n) is 9.83. The molecule has 0 bridgehead atoms. The fourth-order valence-corrected chi connectivity index (χ4v) is 3.62. The van der Waals surface area contributed by atoms with E-state index in [1.807, 2.05) is 24.3 Å². The Labute approximate surface area is 159 Å². The van der Waals surface area contributed by atoms with Crippen LogP contribution in [0.15, 0.2) is 24.3 Å². The number of benzene rings is 1. The molecule has 0 spiro atoms. The van der Waals surface area contributed by atoms with Crippen molar-refractivity contribution in [2.75, 3.05) is 41.3 Å². The van der Waals surface area contributed by atoms with Gasteiger partial charge in [-0.15, -0.1) is 0 Å². The molecule has 0 aliphatic carbocycles. The predicted molar refractivity (Wildman–Crippen MR) is 107 cm³/mol. The highest BCUT2D eigenvalue weighted by Gasteiger charge is 2.21. The molecule has 0 saturated carbocycles. The smallest absolute Gasteiger partial charge is 0.233 e. The Hall–Kier alpha value is -2.70. The standard InChI is InChI=1S/C20H26N6O/c1-15(27)16-7-9-17(10-8-16)21-18-22-19(25-11-3-2-4-12-25)24-20(23-18)26-13-5-6-14-26/h7-10H,2-6,11-14H2,1H3,(H,21,22,23,24). The maximum atomic E-state index is 11.5. The number of rotatable bonds is 5. The first-order chi connectivity index (χ1) is 13.2. The van der Waals surface area contributed by atoms with Gasteiger partial charge in [-0.05, 0) is 63.3 Å². The summed E-state index contributed by atoms with van der Waals surface area (Å²) >= 11 is 0. The summed E-state index contributed by atoms with van der Waals surface area (Å²) in [7, 11) is 0. The SMILES string of the molecule is CC(=O)c1ccc(Nc2nc(N3CCCCC3)nc(N3CCCC3)n2)cc1. The van der Waals surface area contributed by atoms with Crippen molar-refractivity contribution < 1.29 is 4.79 Å². The Morgan fingerprint density at radius 3 is 1.85 bits per heavy atom. The van der Waals surface area contributed by atoms with Crippen molar-refractivity contribution in [1.82, 2.24) is 15.0 Å². The molecule has 2 aliphatic heterocycles. The molecular weight excluding hydrogens is 340 g/mol. The van der Waals surface area contributed by atoms with Crippen LogP contribution in [0.25, 0.3) is 0 Å². The third kappa shape index (κ3) is 4.18. The van der Waals surface area contributed by atoms with Crippen molar-refractivity contribution in [2.45, 2.75) is 39.0 Å². The zero-order chi connectivity index (χ0) is 18.6. The van der Waals surface area contributed by atoms with Gasteiger partial charge >= 0.3 is 0 Å². The van der Waals surface area contributed by atoms with Gasteiger partial charge in [0.2, 0.25) is 17.8 Å². The summed E-state index contributed by atoms with van der Waals surface area (Å²) in [5, 5.41) is 3.29. The van der Waals surface area contributed by atoms with Gasteiger partial charge in [0.1, 0.15) is 0 Å². The summed E-state index contributed by atoms with van der Waals surface area (Å²) in [5.74, 6) is 2.13. The number of aromatic nitrogens is 3. The van der Waals surface area contributed by atoms with E-state index in [0.29, 0.717) is 11.5 Å². The van der Waals surface area contributed by atoms with Crippen LogP contribution in [0.3, 0.4) is 0 Å². The Morgan fingerprint density at radius 2 is 1.33 bits per heavy atom. The van der Waals surface area contributed by atoms with Crippen LogP contribution in [-0.4, -0.2) is 46.9 Å². The van der Waals surface area contributed by atoms with E-state index in [9.17, 15) is 4.79 Å². The number of Topliss-reactive ketones (excluding diaryl/α,β-unsaturated/α-hetero) is 1. The molecule has 0 unspecified atom stereocenters. The maximum absolute atomic E-state index is 11.5. The van der Waals surface area contributed by atoms with Crippen molar-refractivity contribution >= 4 is 29.3 Å². The summed E-state index contributed by atoms with van der Waals surface area (Å²) in [5.41, 5.74) is 1.56. The van der Waals surface area contributed by atoms with E-state index in [-0.39, 0.29) is 5.78 Å². The molecule has 3 heterocycles. The molecule has 0 atom stereocenters. The van der Waals surface area contributed by atoms with Gasteiger partial charge in [-0.2, -0.15) is 15.0 Å². The van der Waals surface area contributed by atoms with Crippen molar-refractivity contribution in [2.24, 2.45) is 0 Å². The first kappa shape index (κ1) is 17.7. The average molecular weight is 366 g/mol. The largest absolute Gasteiger partial charge is 0.341 e. The summed E-state index contributed by atoms with van der Waals surface area (Å²) in [6.07, 6.45) is 5.99. The minimum absolute atomic E-state index is 0.0606. The average Bonchev–Trinajstić information content (AvgIpc) is 3.24. The number of anilines is 4. The number of ketones is 1. The van der Waals surface area contributed by atoms with Gasteiger partial charge in [0.15, 0.2) is 5.78 Å². The van der Waals surface area contributed by atoms with Crippen LogP contribution >= 0.6 is 0 Å². The third-order valence-corrected chi connectivity index (χ3v) is 5.19. The van der Waals surface area contributed by atoms with E-state index >= 15 is 0 Å². The molecule has 2 aromatic rings. The molecule has 0 radical (unpaired) electrons. The van der Waals surface area contributed by atoms with Crippen molar-refractivity contribution in [1.29, 1.82) is 0 Å². The predicted octanol–water partition coefficient (Wildman–Crippen LogP) is 3.41. The van der Waals surface area contributed by atoms with Gasteiger partial charge in [-0.25, -0.2) is 0 Å². The highest BCUT2D eigenvalue weighted by atomic mass is 16.1. The van der Waals surface area contributed by atoms with Gasteiger partial charge in [-0.3, -0.25) is 4.79 Å². The van der Waals surface area contributed by atoms with Gasteiger partial charge in [-0.1, -0.05) is 0 Å². The zero-order valence-corrected chi connectivity index (χ0v) is 15.8. The number of nitrogens with zero attached hydrogens (tertiary/aromatic N) is 5. The molecule has 1 aromatic carbocycles. The maximum Gasteiger partial charge on any atom is 0.233 e. The van der Waals surface area contributed by atoms with Crippen LogP contribution in [0, 0.1) is 0 Å². The summed E-state index contributed by atoms with van der Waals surface area (Å²) < 4.78 is 0.